The molecule has 7 rings (SSSR count). The number of halogens is 6. The van der Waals surface area contributed by atoms with Crippen LogP contribution in [0.5, 0.6) is 0 Å². The predicted octanol–water partition coefficient (Wildman–Crippen LogP) is -0.940. The molecule has 2 bridgehead atoms. The number of aromatic amines is 1. The summed E-state index contributed by atoms with van der Waals surface area (Å²) < 4.78 is 111. The predicted molar refractivity (Wildman–Crippen MR) is 194 cm³/mol. The van der Waals surface area contributed by atoms with Gasteiger partial charge in [-0.25, -0.2) is 36.3 Å². The van der Waals surface area contributed by atoms with E-state index in [1.807, 2.05) is 5.32 Å². The maximum atomic E-state index is 14.6. The van der Waals surface area contributed by atoms with Gasteiger partial charge >= 0.3 is 23.7 Å². The Morgan fingerprint density at radius 2 is 1.32 bits per heavy atom. The molecular weight excluding hydrogens is 876 g/mol. The zero-order chi connectivity index (χ0) is 48.6. The molecule has 1 aromatic heterocycles. The lowest BCUT2D eigenvalue weighted by atomic mass is 10.0. The number of nitrogens with two attached hydrogens (primary N) is 1. The number of imide groups is 2. The van der Waals surface area contributed by atoms with Crippen molar-refractivity contribution in [1.82, 2.24) is 30.0 Å². The number of alkyl halides is 5. The Labute approximate surface area is 353 Å². The molecule has 29 heteroatoms. The van der Waals surface area contributed by atoms with E-state index in [0.717, 1.165) is 37.2 Å². The lowest BCUT2D eigenvalue weighted by molar-refractivity contribution is -0.197. The van der Waals surface area contributed by atoms with E-state index >= 15 is 0 Å². The number of urea groups is 2. The number of carbonyl (C=O) groups is 6. The largest absolute Gasteiger partial charge is 0.481 e. The molecule has 6 fully saturated rings. The molecule has 6 amide bonds. The second kappa shape index (κ2) is 21.5. The highest BCUT2D eigenvalue weighted by molar-refractivity contribution is 6.02. The number of esters is 1. The van der Waals surface area contributed by atoms with Crippen LogP contribution >= 0.6 is 0 Å². The number of amides is 6. The number of carbonyl (C=O) groups excluding carboxylic acids is 5. The van der Waals surface area contributed by atoms with Gasteiger partial charge in [0.1, 0.15) is 55.5 Å². The van der Waals surface area contributed by atoms with E-state index in [1.165, 1.54) is 6.20 Å². The van der Waals surface area contributed by atoms with Crippen LogP contribution in [0.25, 0.3) is 0 Å². The molecule has 13 unspecified atom stereocenters. The number of aliphatic hydroxyl groups is 2. The molecule has 0 radical (unpaired) electrons. The number of aliphatic hydroxyl groups excluding tert-OH is 2. The zero-order valence-electron chi connectivity index (χ0n) is 34.9. The van der Waals surface area contributed by atoms with E-state index < -0.39 is 140 Å². The third-order valence-electron chi connectivity index (χ3n) is 9.85. The topological polar surface area (TPSA) is 321 Å². The Kier molecular flexibility index (Phi) is 17.2. The van der Waals surface area contributed by atoms with Crippen LogP contribution in [0.2, 0.25) is 1.41 Å². The molecule has 1 aromatic rings. The number of aromatic nitrogens is 2. The number of hydrogen-bond acceptors (Lipinski definition) is 16. The van der Waals surface area contributed by atoms with Gasteiger partial charge in [0.25, 0.3) is 23.3 Å². The first kappa shape index (κ1) is 50.4. The van der Waals surface area contributed by atoms with E-state index in [0.29, 0.717) is 16.4 Å². The Balaban J connectivity index is 0.000000239. The number of hydrogen-bond donors (Lipinski definition) is 7. The number of carboxylic acid groups (broad SMARTS) is 1. The second-order valence-corrected chi connectivity index (χ2v) is 14.6. The van der Waals surface area contributed by atoms with Gasteiger partial charge in [0.05, 0.1) is 19.8 Å². The summed E-state index contributed by atoms with van der Waals surface area (Å²) in [5.41, 5.74) is -5.88. The average Bonchev–Trinajstić information content (AvgIpc) is 3.83. The van der Waals surface area contributed by atoms with Crippen LogP contribution in [0.1, 0.15) is 58.7 Å². The SMILES string of the molecule is CC(=O)O.CC(=O)OC1N(C2CC(F)C(CO)O2)C(=O)NC(=O)C1(C)F.CC1(F)C(=O)NC(=O)N2C3CC(F)C(COC21)O3.Cc1cn(C2CC(F)C(CO)O2)c(=O)[nH]c1=O.[3H]NF. The lowest BCUT2D eigenvalue weighted by Gasteiger charge is -2.43. The van der Waals surface area contributed by atoms with Gasteiger partial charge in [0.15, 0.2) is 7.64 Å². The molecule has 23 nitrogen and oxygen atoms in total. The fourth-order valence-electron chi connectivity index (χ4n) is 6.70. The summed E-state index contributed by atoms with van der Waals surface area (Å²) in [4.78, 5) is 93.2. The Hall–Kier alpha value is -5.20. The smallest absolute Gasteiger partial charge is 0.330 e. The molecule has 356 valence electrons. The third kappa shape index (κ3) is 11.9. The molecule has 0 aromatic carbocycles. The zero-order valence-corrected chi connectivity index (χ0v) is 33.9. The van der Waals surface area contributed by atoms with Crippen LogP contribution in [0.4, 0.5) is 36.0 Å². The minimum atomic E-state index is -2.73. The Bertz CT molecular complexity index is 1980. The lowest BCUT2D eigenvalue weighted by Crippen LogP contribution is -2.70. The van der Waals surface area contributed by atoms with Crippen molar-refractivity contribution in [3.8, 4) is 0 Å². The average molecular weight is 926 g/mol. The van der Waals surface area contributed by atoms with Crippen molar-refractivity contribution in [2.45, 2.75) is 133 Å². The molecule has 0 saturated carbocycles. The molecule has 0 aliphatic carbocycles. The molecule has 0 spiro atoms. The van der Waals surface area contributed by atoms with Gasteiger partial charge in [0, 0.05) is 44.9 Å². The van der Waals surface area contributed by atoms with Gasteiger partial charge in [-0.05, 0) is 20.8 Å². The standard InChI is InChI=1S/C12H16F2N2O6.C10H12F2N2O4.C10H13FN2O4.C2H4O2.FH2N/c1-5(18)21-10-12(2,14)9(19)15-11(20)16(10)8-3-6(13)7(4-17)22-8;1-10(12)7(15)13-9(16)14-6-2-4(11)5(18-6)3-17-8(10)14;1-5-3-13(10(16)12-9(5)15)8-2-6(11)7(4-14)17-8;1-2(3)4;1-2/h6-8,10,17H,3-4H2,1-2H3,(H,15,19,20);4-6,8H,2-3H2,1H3,(H,13,15,16);3,6-8,14H,2,4H2,1H3,(H,12,15,16);1H3,(H,3,4);2H2/i;;;;2T. The molecule has 63 heavy (non-hydrogen) atoms. The Morgan fingerprint density at radius 1 is 0.857 bits per heavy atom. The first-order chi connectivity index (χ1) is 29.8. The maximum absolute atomic E-state index is 14.6. The summed E-state index contributed by atoms with van der Waals surface area (Å²) in [5, 5.41) is 28.9. The number of carboxylic acids is 1. The number of aryl methyl sites for hydroxylation is 1. The van der Waals surface area contributed by atoms with Crippen LogP contribution in [-0.4, -0.2) is 163 Å². The number of aliphatic carboxylic acids is 1. The van der Waals surface area contributed by atoms with Gasteiger partial charge in [-0.3, -0.25) is 54.0 Å². The summed E-state index contributed by atoms with van der Waals surface area (Å²) in [6.45, 7) is 4.22. The van der Waals surface area contributed by atoms with E-state index in [1.54, 1.807) is 12.2 Å². The number of ether oxygens (including phenoxy) is 5. The number of nitrogens with one attached hydrogen (secondary N) is 3. The summed E-state index contributed by atoms with van der Waals surface area (Å²) in [6.07, 6.45) is -12.4. The van der Waals surface area contributed by atoms with Gasteiger partial charge < -0.3 is 39.0 Å². The highest BCUT2D eigenvalue weighted by Crippen LogP contribution is 2.38. The highest BCUT2D eigenvalue weighted by Gasteiger charge is 2.59. The molecule has 6 aliphatic heterocycles. The van der Waals surface area contributed by atoms with Crippen molar-refractivity contribution in [3.63, 3.8) is 0 Å². The molecule has 7 heterocycles. The van der Waals surface area contributed by atoms with Gasteiger partial charge in [-0.2, -0.15) is 5.95 Å². The molecule has 6 saturated heterocycles. The molecule has 8 N–H and O–H groups in total. The fourth-order valence-corrected chi connectivity index (χ4v) is 6.70. The van der Waals surface area contributed by atoms with E-state index in [-0.39, 0.29) is 25.9 Å². The van der Waals surface area contributed by atoms with Crippen molar-refractivity contribution in [3.05, 3.63) is 32.6 Å². The minimum Gasteiger partial charge on any atom is -0.481 e. The first-order valence-electron chi connectivity index (χ1n) is 19.1. The highest BCUT2D eigenvalue weighted by atomic mass is 19.2. The number of rotatable bonds is 5. The van der Waals surface area contributed by atoms with E-state index in [9.17, 15) is 60.0 Å². The van der Waals surface area contributed by atoms with Crippen LogP contribution in [0.3, 0.4) is 0 Å². The number of fused-ring (bicyclic) bond motifs is 4. The summed E-state index contributed by atoms with van der Waals surface area (Å²) in [7, 11) is 0. The van der Waals surface area contributed by atoms with Crippen molar-refractivity contribution >= 4 is 35.8 Å². The van der Waals surface area contributed by atoms with E-state index in [2.05, 4.69) is 4.98 Å². The van der Waals surface area contributed by atoms with Crippen molar-refractivity contribution in [2.24, 2.45) is 5.95 Å². The van der Waals surface area contributed by atoms with Gasteiger partial charge in [-0.1, -0.05) is 0 Å². The fraction of sp³-hybridized carbons (Fsp3) is 0.706. The number of nitrogens with zero attached hydrogens (tertiary/aromatic N) is 3. The summed E-state index contributed by atoms with van der Waals surface area (Å²) in [5.74, 6) is -3.58. The third-order valence-corrected chi connectivity index (χ3v) is 9.85. The minimum absolute atomic E-state index is 0.0172. The summed E-state index contributed by atoms with van der Waals surface area (Å²) >= 11 is 0. The van der Waals surface area contributed by atoms with E-state index in [4.69, 9.17) is 45.2 Å². The van der Waals surface area contributed by atoms with Crippen molar-refractivity contribution < 1.29 is 95.6 Å². The first-order valence-corrected chi connectivity index (χ1v) is 18.6. The van der Waals surface area contributed by atoms with Gasteiger partial charge in [-0.15, -0.1) is 4.48 Å². The normalized spacial score (nSPS) is 35.6. The second-order valence-electron chi connectivity index (χ2n) is 14.6. The Morgan fingerprint density at radius 3 is 1.83 bits per heavy atom. The molecule has 6 aliphatic rings. The summed E-state index contributed by atoms with van der Waals surface area (Å²) in [6, 6.07) is -1.89. The van der Waals surface area contributed by atoms with Crippen molar-refractivity contribution in [2.75, 3.05) is 19.8 Å². The number of H-pyrrole nitrogens is 1. The maximum Gasteiger partial charge on any atom is 0.330 e. The van der Waals surface area contributed by atoms with Crippen LogP contribution in [0, 0.1) is 6.92 Å². The van der Waals surface area contributed by atoms with Crippen LogP contribution in [-0.2, 0) is 42.9 Å². The van der Waals surface area contributed by atoms with Gasteiger partial charge in [0.2, 0.25) is 17.6 Å². The monoisotopic (exact) mass is 925 g/mol. The van der Waals surface area contributed by atoms with Crippen LogP contribution < -0.4 is 27.8 Å². The van der Waals surface area contributed by atoms with Crippen molar-refractivity contribution in [1.29, 1.82) is 0 Å². The molecule has 13 atom stereocenters. The molecular formula is C34H47F6N7O16. The quantitative estimate of drug-likeness (QED) is 0.106. The van der Waals surface area contributed by atoms with Crippen LogP contribution in [0.15, 0.2) is 15.8 Å².